The van der Waals surface area contributed by atoms with Crippen LogP contribution in [0.3, 0.4) is 0 Å². The van der Waals surface area contributed by atoms with Crippen molar-refractivity contribution in [2.75, 3.05) is 13.1 Å². The van der Waals surface area contributed by atoms with E-state index in [0.29, 0.717) is 42.4 Å². The van der Waals surface area contributed by atoms with Crippen LogP contribution in [0.1, 0.15) is 50.1 Å². The van der Waals surface area contributed by atoms with Gasteiger partial charge in [0.25, 0.3) is 0 Å². The normalized spacial score (nSPS) is 16.8. The highest BCUT2D eigenvalue weighted by molar-refractivity contribution is 5.89. The quantitative estimate of drug-likeness (QED) is 0.241. The third-order valence-corrected chi connectivity index (χ3v) is 8.14. The molecule has 240 valence electrons. The molecule has 1 N–H and O–H groups in total. The van der Waals surface area contributed by atoms with Crippen LogP contribution in [0.15, 0.2) is 73.2 Å². The predicted octanol–water partition coefficient (Wildman–Crippen LogP) is 5.71. The molecule has 1 saturated heterocycles. The van der Waals surface area contributed by atoms with Gasteiger partial charge in [-0.25, -0.2) is 14.4 Å². The summed E-state index contributed by atoms with van der Waals surface area (Å²) in [4.78, 5) is 43.9. The number of ether oxygens (including phenoxy) is 1. The number of carbonyl (C=O) groups is 2. The standard InChI is InChI=1S/C36H41FN6O3/c1-6-30-33(17-24(4)18-40-30)46-32-10-7-9-29(37)28(32)21-42-20-25(5)43(36(45)23(2)3)31(22-42)35(44)41-19-26-11-13-27(14-12-26)34-38-15-8-16-39-34/h7-18,23,25,31H,6,19-22H2,1-5H3,(H,41,44)/t25-,31-/m1/s1. The number of amides is 2. The molecule has 0 bridgehead atoms. The molecule has 0 radical (unpaired) electrons. The minimum Gasteiger partial charge on any atom is -0.455 e. The van der Waals surface area contributed by atoms with Gasteiger partial charge in [0.05, 0.1) is 5.69 Å². The summed E-state index contributed by atoms with van der Waals surface area (Å²) in [6.45, 7) is 10.8. The molecule has 46 heavy (non-hydrogen) atoms. The molecule has 10 heteroatoms. The highest BCUT2D eigenvalue weighted by Gasteiger charge is 2.40. The molecular weight excluding hydrogens is 583 g/mol. The van der Waals surface area contributed by atoms with Gasteiger partial charge in [-0.1, -0.05) is 51.1 Å². The van der Waals surface area contributed by atoms with E-state index in [4.69, 9.17) is 4.74 Å². The van der Waals surface area contributed by atoms with Crippen LogP contribution in [-0.2, 0) is 29.1 Å². The number of nitrogens with zero attached hydrogens (tertiary/aromatic N) is 5. The Labute approximate surface area is 269 Å². The number of benzene rings is 2. The number of rotatable bonds is 10. The Hall–Kier alpha value is -4.70. The van der Waals surface area contributed by atoms with Crippen molar-refractivity contribution in [1.82, 2.24) is 30.1 Å². The Morgan fingerprint density at radius 2 is 1.76 bits per heavy atom. The largest absolute Gasteiger partial charge is 0.455 e. The van der Waals surface area contributed by atoms with E-state index in [9.17, 15) is 9.59 Å². The number of nitrogens with one attached hydrogen (secondary N) is 1. The summed E-state index contributed by atoms with van der Waals surface area (Å²) < 4.78 is 21.7. The van der Waals surface area contributed by atoms with Crippen LogP contribution < -0.4 is 10.1 Å². The van der Waals surface area contributed by atoms with Crippen molar-refractivity contribution in [3.63, 3.8) is 0 Å². The van der Waals surface area contributed by atoms with Crippen LogP contribution in [0.2, 0.25) is 0 Å². The third-order valence-electron chi connectivity index (χ3n) is 8.14. The van der Waals surface area contributed by atoms with Gasteiger partial charge in [-0.2, -0.15) is 0 Å². The summed E-state index contributed by atoms with van der Waals surface area (Å²) in [5.41, 5.74) is 3.90. The molecule has 2 atom stereocenters. The average molecular weight is 625 g/mol. The molecule has 1 fully saturated rings. The maximum Gasteiger partial charge on any atom is 0.244 e. The van der Waals surface area contributed by atoms with Crippen molar-refractivity contribution in [3.8, 4) is 22.9 Å². The molecule has 1 aliphatic rings. The van der Waals surface area contributed by atoms with E-state index in [2.05, 4.69) is 20.3 Å². The molecule has 0 unspecified atom stereocenters. The van der Waals surface area contributed by atoms with Crippen LogP contribution >= 0.6 is 0 Å². The molecule has 3 heterocycles. The van der Waals surface area contributed by atoms with Gasteiger partial charge >= 0.3 is 0 Å². The summed E-state index contributed by atoms with van der Waals surface area (Å²) in [6.07, 6.45) is 5.85. The van der Waals surface area contributed by atoms with Crippen LogP contribution in [0.5, 0.6) is 11.5 Å². The fourth-order valence-corrected chi connectivity index (χ4v) is 5.76. The van der Waals surface area contributed by atoms with E-state index in [1.54, 1.807) is 41.7 Å². The number of aryl methyl sites for hydroxylation is 2. The van der Waals surface area contributed by atoms with E-state index >= 15 is 4.39 Å². The van der Waals surface area contributed by atoms with Gasteiger partial charge in [0.2, 0.25) is 11.8 Å². The second kappa shape index (κ2) is 14.6. The molecular formula is C36H41FN6O3. The fourth-order valence-electron chi connectivity index (χ4n) is 5.76. The van der Waals surface area contributed by atoms with Gasteiger partial charge in [0.15, 0.2) is 5.82 Å². The number of hydrogen-bond acceptors (Lipinski definition) is 7. The van der Waals surface area contributed by atoms with Crippen LogP contribution in [0.4, 0.5) is 4.39 Å². The lowest BCUT2D eigenvalue weighted by atomic mass is 10.0. The summed E-state index contributed by atoms with van der Waals surface area (Å²) in [5, 5.41) is 3.03. The molecule has 0 saturated carbocycles. The second-order valence-electron chi connectivity index (χ2n) is 12.1. The second-order valence-corrected chi connectivity index (χ2v) is 12.1. The molecule has 0 aliphatic carbocycles. The fraction of sp³-hybridized carbons (Fsp3) is 0.361. The maximum absolute atomic E-state index is 15.4. The summed E-state index contributed by atoms with van der Waals surface area (Å²) in [7, 11) is 0. The molecule has 2 amide bonds. The highest BCUT2D eigenvalue weighted by Crippen LogP contribution is 2.32. The summed E-state index contributed by atoms with van der Waals surface area (Å²) in [5.74, 6) is 0.603. The lowest BCUT2D eigenvalue weighted by molar-refractivity contribution is -0.150. The van der Waals surface area contributed by atoms with E-state index in [-0.39, 0.29) is 36.9 Å². The minimum absolute atomic E-state index is 0.0894. The molecule has 4 aromatic rings. The predicted molar refractivity (Wildman–Crippen MR) is 174 cm³/mol. The first-order valence-corrected chi connectivity index (χ1v) is 15.7. The smallest absolute Gasteiger partial charge is 0.244 e. The first kappa shape index (κ1) is 32.7. The van der Waals surface area contributed by atoms with Crippen LogP contribution in [-0.4, -0.2) is 61.7 Å². The van der Waals surface area contributed by atoms with E-state index < -0.39 is 11.9 Å². The Morgan fingerprint density at radius 1 is 1.02 bits per heavy atom. The first-order valence-electron chi connectivity index (χ1n) is 15.7. The third kappa shape index (κ3) is 7.56. The van der Waals surface area contributed by atoms with E-state index in [0.717, 1.165) is 22.4 Å². The van der Waals surface area contributed by atoms with Crippen molar-refractivity contribution in [2.45, 2.75) is 66.2 Å². The zero-order valence-electron chi connectivity index (χ0n) is 27.0. The van der Waals surface area contributed by atoms with Gasteiger partial charge in [0.1, 0.15) is 23.4 Å². The lowest BCUT2D eigenvalue weighted by Crippen LogP contribution is -2.64. The maximum atomic E-state index is 15.4. The first-order chi connectivity index (χ1) is 22.1. The van der Waals surface area contributed by atoms with E-state index in [1.807, 2.05) is 69.9 Å². The van der Waals surface area contributed by atoms with Gasteiger partial charge in [-0.15, -0.1) is 0 Å². The molecule has 0 spiro atoms. The van der Waals surface area contributed by atoms with Crippen molar-refractivity contribution in [2.24, 2.45) is 5.92 Å². The monoisotopic (exact) mass is 624 g/mol. The molecule has 9 nitrogen and oxygen atoms in total. The number of pyridine rings is 1. The van der Waals surface area contributed by atoms with Gasteiger partial charge in [-0.3, -0.25) is 19.5 Å². The van der Waals surface area contributed by atoms with Gasteiger partial charge in [0, 0.05) is 67.9 Å². The van der Waals surface area contributed by atoms with Crippen LogP contribution in [0, 0.1) is 18.7 Å². The Bertz CT molecular complexity index is 1660. The van der Waals surface area contributed by atoms with Crippen LogP contribution in [0.25, 0.3) is 11.4 Å². The molecule has 2 aromatic carbocycles. The lowest BCUT2D eigenvalue weighted by Gasteiger charge is -2.45. The Kier molecular flexibility index (Phi) is 10.4. The van der Waals surface area contributed by atoms with Crippen molar-refractivity contribution in [3.05, 3.63) is 101 Å². The zero-order chi connectivity index (χ0) is 32.8. The molecule has 2 aromatic heterocycles. The average Bonchev–Trinajstić information content (AvgIpc) is 3.05. The summed E-state index contributed by atoms with van der Waals surface area (Å²) in [6, 6.07) is 15.1. The van der Waals surface area contributed by atoms with Gasteiger partial charge < -0.3 is 15.0 Å². The van der Waals surface area contributed by atoms with Crippen molar-refractivity contribution >= 4 is 11.8 Å². The van der Waals surface area contributed by atoms with E-state index in [1.165, 1.54) is 6.07 Å². The Morgan fingerprint density at radius 3 is 2.46 bits per heavy atom. The summed E-state index contributed by atoms with van der Waals surface area (Å²) >= 11 is 0. The topological polar surface area (TPSA) is 101 Å². The highest BCUT2D eigenvalue weighted by atomic mass is 19.1. The molecule has 1 aliphatic heterocycles. The minimum atomic E-state index is -0.751. The number of halogens is 1. The number of hydrogen-bond donors (Lipinski definition) is 1. The zero-order valence-corrected chi connectivity index (χ0v) is 27.0. The number of carbonyl (C=O) groups excluding carboxylic acids is 2. The van der Waals surface area contributed by atoms with Gasteiger partial charge in [-0.05, 0) is 55.7 Å². The number of piperazine rings is 1. The van der Waals surface area contributed by atoms with Crippen molar-refractivity contribution in [1.29, 1.82) is 0 Å². The SMILES string of the molecule is CCc1ncc(C)cc1Oc1cccc(F)c1CN1C[C@@H](C)N(C(=O)C(C)C)[C@@H](C(=O)NCc2ccc(-c3ncccn3)cc2)C1. The molecule has 5 rings (SSSR count). The number of aromatic nitrogens is 3. The van der Waals surface area contributed by atoms with Crippen molar-refractivity contribution < 1.29 is 18.7 Å². The Balaban J connectivity index is 1.34.